The van der Waals surface area contributed by atoms with Gasteiger partial charge < -0.3 is 5.32 Å². The van der Waals surface area contributed by atoms with Crippen molar-refractivity contribution >= 4 is 48.9 Å². The summed E-state index contributed by atoms with van der Waals surface area (Å²) in [6.07, 6.45) is 6.54. The molecule has 1 aromatic carbocycles. The fourth-order valence-electron chi connectivity index (χ4n) is 4.70. The Morgan fingerprint density at radius 2 is 1.97 bits per heavy atom. The Labute approximate surface area is 183 Å². The summed E-state index contributed by atoms with van der Waals surface area (Å²) in [4.78, 5) is 21.1. The molecule has 0 unspecified atom stereocenters. The van der Waals surface area contributed by atoms with Crippen LogP contribution in [0.1, 0.15) is 47.0 Å². The third kappa shape index (κ3) is 3.61. The molecule has 1 spiro atoms. The Morgan fingerprint density at radius 3 is 2.70 bits per heavy atom. The monoisotopic (exact) mass is 461 g/mol. The molecule has 2 aliphatic rings. The summed E-state index contributed by atoms with van der Waals surface area (Å²) in [7, 11) is -3.44. The summed E-state index contributed by atoms with van der Waals surface area (Å²) < 4.78 is 24.5. The summed E-state index contributed by atoms with van der Waals surface area (Å²) in [5.41, 5.74) is 1.59. The lowest BCUT2D eigenvalue weighted by Gasteiger charge is -2.57. The summed E-state index contributed by atoms with van der Waals surface area (Å²) in [5, 5.41) is 4.83. The van der Waals surface area contributed by atoms with Crippen molar-refractivity contribution in [1.29, 1.82) is 0 Å². The van der Waals surface area contributed by atoms with Gasteiger partial charge in [-0.25, -0.2) is 18.4 Å². The number of fused-ring (bicyclic) bond motifs is 1. The van der Waals surface area contributed by atoms with E-state index in [0.29, 0.717) is 21.9 Å². The zero-order chi connectivity index (χ0) is 21.1. The number of nitrogens with zero attached hydrogens (tertiary/aromatic N) is 2. The highest BCUT2D eigenvalue weighted by Gasteiger charge is 2.54. The minimum Gasteiger partial charge on any atom is -0.349 e. The van der Waals surface area contributed by atoms with Gasteiger partial charge in [0.1, 0.15) is 0 Å². The Hall–Kier alpha value is -2.03. The van der Waals surface area contributed by atoms with Crippen LogP contribution in [0.4, 0.5) is 0 Å². The van der Waals surface area contributed by atoms with Gasteiger partial charge in [-0.05, 0) is 61.4 Å². The molecule has 0 saturated heterocycles. The molecule has 1 amide bonds. The molecule has 2 fully saturated rings. The highest BCUT2D eigenvalue weighted by molar-refractivity contribution is 7.90. The molecule has 2 aliphatic carbocycles. The minimum atomic E-state index is -3.44. The maximum atomic E-state index is 12.5. The predicted octanol–water partition coefficient (Wildman–Crippen LogP) is 4.20. The molecule has 156 valence electrons. The number of rotatable bonds is 4. The maximum absolute atomic E-state index is 12.5. The fourth-order valence-corrected chi connectivity index (χ4v) is 6.50. The first kappa shape index (κ1) is 19.9. The van der Waals surface area contributed by atoms with Crippen LogP contribution in [0.25, 0.3) is 10.2 Å². The van der Waals surface area contributed by atoms with E-state index in [1.54, 1.807) is 11.3 Å². The molecule has 9 heteroatoms. The van der Waals surface area contributed by atoms with Gasteiger partial charge in [-0.15, -0.1) is 11.3 Å². The first-order valence-electron chi connectivity index (χ1n) is 9.74. The molecule has 6 nitrogen and oxygen atoms in total. The van der Waals surface area contributed by atoms with E-state index in [0.717, 1.165) is 37.5 Å². The molecule has 1 N–H and O–H groups in total. The zero-order valence-corrected chi connectivity index (χ0v) is 18.6. The van der Waals surface area contributed by atoms with Gasteiger partial charge in [0.05, 0.1) is 15.2 Å². The summed E-state index contributed by atoms with van der Waals surface area (Å²) in [6.45, 7) is 0. The zero-order valence-electron chi connectivity index (χ0n) is 16.3. The number of thiazole rings is 1. The van der Waals surface area contributed by atoms with Crippen LogP contribution in [-0.2, 0) is 9.84 Å². The molecule has 2 aromatic heterocycles. The number of carbonyl (C=O) groups excluding carboxylic acids is 1. The van der Waals surface area contributed by atoms with E-state index in [2.05, 4.69) is 10.3 Å². The molecule has 5 rings (SSSR count). The van der Waals surface area contributed by atoms with E-state index in [1.807, 2.05) is 18.2 Å². The lowest BCUT2D eigenvalue weighted by Crippen LogP contribution is -2.55. The quantitative estimate of drug-likeness (QED) is 0.628. The van der Waals surface area contributed by atoms with Gasteiger partial charge >= 0.3 is 0 Å². The third-order valence-corrected chi connectivity index (χ3v) is 8.56. The van der Waals surface area contributed by atoms with Crippen LogP contribution in [0.5, 0.6) is 0 Å². The molecule has 2 saturated carbocycles. The second-order valence-corrected chi connectivity index (χ2v) is 12.0. The van der Waals surface area contributed by atoms with Crippen molar-refractivity contribution < 1.29 is 13.2 Å². The van der Waals surface area contributed by atoms with Gasteiger partial charge in [0, 0.05) is 35.0 Å². The number of hydrogen-bond acceptors (Lipinski definition) is 6. The van der Waals surface area contributed by atoms with Crippen molar-refractivity contribution in [2.75, 3.05) is 6.26 Å². The topological polar surface area (TPSA) is 89.0 Å². The molecule has 3 aromatic rings. The Kier molecular flexibility index (Phi) is 4.65. The van der Waals surface area contributed by atoms with Crippen molar-refractivity contribution in [3.8, 4) is 0 Å². The fraction of sp³-hybridized carbons (Fsp3) is 0.381. The number of pyridine rings is 1. The number of halogens is 1. The summed E-state index contributed by atoms with van der Waals surface area (Å²) >= 11 is 7.80. The Balaban J connectivity index is 1.18. The van der Waals surface area contributed by atoms with Crippen LogP contribution in [-0.4, -0.2) is 36.6 Å². The van der Waals surface area contributed by atoms with E-state index in [-0.39, 0.29) is 17.0 Å². The van der Waals surface area contributed by atoms with Crippen molar-refractivity contribution in [2.24, 2.45) is 5.41 Å². The first-order chi connectivity index (χ1) is 14.2. The van der Waals surface area contributed by atoms with E-state index in [1.165, 1.54) is 28.0 Å². The average molecular weight is 462 g/mol. The molecular formula is C21H20ClN3O3S2. The van der Waals surface area contributed by atoms with Crippen LogP contribution >= 0.6 is 22.9 Å². The van der Waals surface area contributed by atoms with Crippen LogP contribution < -0.4 is 5.32 Å². The predicted molar refractivity (Wildman–Crippen MR) is 117 cm³/mol. The summed E-state index contributed by atoms with van der Waals surface area (Å²) in [6, 6.07) is 8.83. The number of nitrogens with one attached hydrogen (secondary N) is 1. The van der Waals surface area contributed by atoms with Crippen molar-refractivity contribution in [3.63, 3.8) is 0 Å². The van der Waals surface area contributed by atoms with Crippen LogP contribution in [0.15, 0.2) is 41.6 Å². The van der Waals surface area contributed by atoms with E-state index in [4.69, 9.17) is 16.6 Å². The van der Waals surface area contributed by atoms with Gasteiger partial charge in [-0.1, -0.05) is 11.6 Å². The van der Waals surface area contributed by atoms with Gasteiger partial charge in [-0.3, -0.25) is 4.79 Å². The normalized spacial score (nSPS) is 25.7. The highest BCUT2D eigenvalue weighted by Crippen LogP contribution is 2.62. The molecular weight excluding hydrogens is 442 g/mol. The van der Waals surface area contributed by atoms with Gasteiger partial charge in [0.25, 0.3) is 5.91 Å². The highest BCUT2D eigenvalue weighted by atomic mass is 35.5. The third-order valence-electron chi connectivity index (χ3n) is 6.15. The van der Waals surface area contributed by atoms with E-state index >= 15 is 0 Å². The minimum absolute atomic E-state index is 0.0841. The number of aromatic nitrogens is 2. The number of carbonyl (C=O) groups is 1. The first-order valence-corrected chi connectivity index (χ1v) is 12.8. The number of amides is 1. The lowest BCUT2D eigenvalue weighted by molar-refractivity contribution is -0.0187. The second kappa shape index (κ2) is 7.00. The standard InChI is InChI=1S/C21H20ClN3O3S2/c1-30(27,28)18-6-12(4-5-23-18)19(26)24-15-10-21(11-15)8-13(9-21)20-25-16-7-14(22)2-3-17(16)29-20/h2-7,13,15H,8-11H2,1H3,(H,24,26). The Morgan fingerprint density at radius 1 is 1.20 bits per heavy atom. The van der Waals surface area contributed by atoms with Gasteiger partial charge in [0.2, 0.25) is 0 Å². The van der Waals surface area contributed by atoms with Crippen molar-refractivity contribution in [1.82, 2.24) is 15.3 Å². The van der Waals surface area contributed by atoms with Crippen molar-refractivity contribution in [2.45, 2.75) is 42.7 Å². The summed E-state index contributed by atoms with van der Waals surface area (Å²) in [5.74, 6) is 0.233. The van der Waals surface area contributed by atoms with Gasteiger partial charge in [0.15, 0.2) is 14.9 Å². The van der Waals surface area contributed by atoms with Crippen molar-refractivity contribution in [3.05, 3.63) is 52.1 Å². The van der Waals surface area contributed by atoms with Gasteiger partial charge in [-0.2, -0.15) is 0 Å². The maximum Gasteiger partial charge on any atom is 0.251 e. The second-order valence-electron chi connectivity index (χ2n) is 8.50. The molecule has 2 heterocycles. The largest absolute Gasteiger partial charge is 0.349 e. The van der Waals surface area contributed by atoms with Crippen LogP contribution in [0.3, 0.4) is 0 Å². The molecule has 0 atom stereocenters. The molecule has 0 radical (unpaired) electrons. The number of benzene rings is 1. The average Bonchev–Trinajstić information content (AvgIpc) is 3.04. The molecule has 30 heavy (non-hydrogen) atoms. The SMILES string of the molecule is CS(=O)(=O)c1cc(C(=O)NC2CC3(C2)CC(c2nc4cc(Cl)ccc4s2)C3)ccn1. The number of sulfone groups is 1. The molecule has 0 aliphatic heterocycles. The Bertz CT molecular complexity index is 1260. The van der Waals surface area contributed by atoms with E-state index in [9.17, 15) is 13.2 Å². The van der Waals surface area contributed by atoms with Crippen LogP contribution in [0, 0.1) is 5.41 Å². The van der Waals surface area contributed by atoms with Crippen LogP contribution in [0.2, 0.25) is 5.02 Å². The molecule has 0 bridgehead atoms. The smallest absolute Gasteiger partial charge is 0.251 e. The van der Waals surface area contributed by atoms with E-state index < -0.39 is 9.84 Å². The number of hydrogen-bond donors (Lipinski definition) is 1. The lowest BCUT2D eigenvalue weighted by atomic mass is 9.50.